The molecule has 0 aliphatic heterocycles. The van der Waals surface area contributed by atoms with Gasteiger partial charge in [-0.1, -0.05) is 19.9 Å². The number of carbonyl (C=O) groups excluding carboxylic acids is 1. The van der Waals surface area contributed by atoms with Crippen molar-refractivity contribution in [2.75, 3.05) is 6.54 Å². The van der Waals surface area contributed by atoms with Crippen molar-refractivity contribution in [3.63, 3.8) is 0 Å². The molecule has 1 aliphatic carbocycles. The highest BCUT2D eigenvalue weighted by Gasteiger charge is 2.30. The van der Waals surface area contributed by atoms with Crippen LogP contribution in [0.25, 0.3) is 10.7 Å². The number of carbonyl (C=O) groups is 1. The molecule has 7 heteroatoms. The molecule has 1 fully saturated rings. The van der Waals surface area contributed by atoms with Gasteiger partial charge in [-0.3, -0.25) is 9.36 Å². The normalized spacial score (nSPS) is 14.3. The van der Waals surface area contributed by atoms with Gasteiger partial charge in [0.2, 0.25) is 5.91 Å². The lowest BCUT2D eigenvalue weighted by Crippen LogP contribution is -2.35. The first kappa shape index (κ1) is 17.0. The number of aromatic nitrogens is 3. The minimum absolute atomic E-state index is 0.0485. The van der Waals surface area contributed by atoms with Crippen LogP contribution in [0.4, 0.5) is 0 Å². The summed E-state index contributed by atoms with van der Waals surface area (Å²) in [4.78, 5) is 25.7. The molecule has 1 aliphatic rings. The van der Waals surface area contributed by atoms with Crippen molar-refractivity contribution in [2.45, 2.75) is 52.1 Å². The SMILES string of the molecule is CCC(CC)C(=O)NCCn1nc(-c2cccs2)n(C2CC2)c1=O. The maximum absolute atomic E-state index is 12.6. The second-order valence-electron chi connectivity index (χ2n) is 6.21. The maximum atomic E-state index is 12.6. The molecule has 2 aromatic heterocycles. The van der Waals surface area contributed by atoms with Crippen LogP contribution in [0.15, 0.2) is 22.3 Å². The summed E-state index contributed by atoms with van der Waals surface area (Å²) < 4.78 is 3.30. The Morgan fingerprint density at radius 3 is 2.75 bits per heavy atom. The molecular weight excluding hydrogens is 324 g/mol. The third-order valence-corrected chi connectivity index (χ3v) is 5.37. The molecule has 6 nitrogen and oxygen atoms in total. The van der Waals surface area contributed by atoms with Gasteiger partial charge in [0.05, 0.1) is 11.4 Å². The number of hydrogen-bond acceptors (Lipinski definition) is 4. The average molecular weight is 348 g/mol. The summed E-state index contributed by atoms with van der Waals surface area (Å²) in [6, 6.07) is 4.24. The Hall–Kier alpha value is -1.89. The van der Waals surface area contributed by atoms with E-state index in [2.05, 4.69) is 10.4 Å². The average Bonchev–Trinajstić information content (AvgIpc) is 3.15. The highest BCUT2D eigenvalue weighted by atomic mass is 32.1. The summed E-state index contributed by atoms with van der Waals surface area (Å²) in [5.74, 6) is 0.865. The molecule has 1 saturated carbocycles. The van der Waals surface area contributed by atoms with Crippen LogP contribution in [0.1, 0.15) is 45.6 Å². The van der Waals surface area contributed by atoms with Crippen molar-refractivity contribution in [3.05, 3.63) is 28.0 Å². The van der Waals surface area contributed by atoms with Crippen LogP contribution in [0.3, 0.4) is 0 Å². The Labute approximate surface area is 145 Å². The Kier molecular flexibility index (Phi) is 5.18. The number of thiophene rings is 1. The highest BCUT2D eigenvalue weighted by Crippen LogP contribution is 2.37. The van der Waals surface area contributed by atoms with Crippen molar-refractivity contribution in [2.24, 2.45) is 5.92 Å². The van der Waals surface area contributed by atoms with E-state index < -0.39 is 0 Å². The molecule has 24 heavy (non-hydrogen) atoms. The predicted octanol–water partition coefficient (Wildman–Crippen LogP) is 2.66. The lowest BCUT2D eigenvalue weighted by molar-refractivity contribution is -0.125. The van der Waals surface area contributed by atoms with Crippen molar-refractivity contribution < 1.29 is 4.79 Å². The van der Waals surface area contributed by atoms with Gasteiger partial charge in [-0.05, 0) is 37.1 Å². The molecule has 0 unspecified atom stereocenters. The minimum atomic E-state index is -0.0716. The van der Waals surface area contributed by atoms with E-state index in [1.807, 2.05) is 35.9 Å². The van der Waals surface area contributed by atoms with Crippen molar-refractivity contribution in [3.8, 4) is 10.7 Å². The smallest absolute Gasteiger partial charge is 0.346 e. The summed E-state index contributed by atoms with van der Waals surface area (Å²) in [5, 5.41) is 9.44. The van der Waals surface area contributed by atoms with Gasteiger partial charge in [0.15, 0.2) is 5.82 Å². The van der Waals surface area contributed by atoms with Gasteiger partial charge < -0.3 is 5.32 Å². The number of rotatable bonds is 8. The van der Waals surface area contributed by atoms with Gasteiger partial charge in [-0.25, -0.2) is 9.48 Å². The first-order chi connectivity index (χ1) is 11.7. The maximum Gasteiger partial charge on any atom is 0.346 e. The summed E-state index contributed by atoms with van der Waals surface area (Å²) in [7, 11) is 0. The zero-order valence-corrected chi connectivity index (χ0v) is 15.0. The third kappa shape index (κ3) is 3.45. The lowest BCUT2D eigenvalue weighted by Gasteiger charge is -2.12. The third-order valence-electron chi connectivity index (χ3n) is 4.50. The van der Waals surface area contributed by atoms with Gasteiger partial charge in [-0.2, -0.15) is 0 Å². The fourth-order valence-electron chi connectivity index (χ4n) is 2.89. The van der Waals surface area contributed by atoms with Gasteiger partial charge in [-0.15, -0.1) is 16.4 Å². The second kappa shape index (κ2) is 7.34. The van der Waals surface area contributed by atoms with E-state index in [4.69, 9.17) is 0 Å². The Bertz CT molecular complexity index is 739. The van der Waals surface area contributed by atoms with Crippen LogP contribution >= 0.6 is 11.3 Å². The first-order valence-electron chi connectivity index (χ1n) is 8.66. The van der Waals surface area contributed by atoms with Crippen LogP contribution in [-0.4, -0.2) is 26.8 Å². The molecule has 3 rings (SSSR count). The standard InChI is InChI=1S/C17H24N4O2S/c1-3-12(4-2)16(22)18-9-10-20-17(23)21(13-7-8-13)15(19-20)14-6-5-11-24-14/h5-6,11-13H,3-4,7-10H2,1-2H3,(H,18,22). The Morgan fingerprint density at radius 1 is 1.42 bits per heavy atom. The van der Waals surface area contributed by atoms with E-state index in [9.17, 15) is 9.59 Å². The second-order valence-corrected chi connectivity index (χ2v) is 7.16. The zero-order valence-electron chi connectivity index (χ0n) is 14.2. The molecule has 0 spiro atoms. The van der Waals surface area contributed by atoms with Gasteiger partial charge in [0.1, 0.15) is 0 Å². The molecule has 0 bridgehead atoms. The summed E-state index contributed by atoms with van der Waals surface area (Å²) >= 11 is 1.59. The number of amides is 1. The number of hydrogen-bond donors (Lipinski definition) is 1. The van der Waals surface area contributed by atoms with Crippen LogP contribution in [0.5, 0.6) is 0 Å². The molecule has 2 aromatic rings. The monoisotopic (exact) mass is 348 g/mol. The van der Waals surface area contributed by atoms with E-state index in [0.717, 1.165) is 36.4 Å². The molecule has 2 heterocycles. The van der Waals surface area contributed by atoms with Crippen molar-refractivity contribution in [1.82, 2.24) is 19.7 Å². The number of nitrogens with one attached hydrogen (secondary N) is 1. The van der Waals surface area contributed by atoms with Gasteiger partial charge in [0, 0.05) is 18.5 Å². The molecule has 0 atom stereocenters. The lowest BCUT2D eigenvalue weighted by atomic mass is 10.0. The van der Waals surface area contributed by atoms with Crippen molar-refractivity contribution in [1.29, 1.82) is 0 Å². The minimum Gasteiger partial charge on any atom is -0.354 e. The predicted molar refractivity (Wildman–Crippen MR) is 95.2 cm³/mol. The quantitative estimate of drug-likeness (QED) is 0.797. The van der Waals surface area contributed by atoms with Crippen LogP contribution in [0.2, 0.25) is 0 Å². The van der Waals surface area contributed by atoms with Crippen LogP contribution < -0.4 is 11.0 Å². The van der Waals surface area contributed by atoms with Gasteiger partial charge >= 0.3 is 5.69 Å². The fourth-order valence-corrected chi connectivity index (χ4v) is 3.60. The zero-order chi connectivity index (χ0) is 17.1. The fraction of sp³-hybridized carbons (Fsp3) is 0.588. The summed E-state index contributed by atoms with van der Waals surface area (Å²) in [5.41, 5.74) is -0.0716. The molecule has 130 valence electrons. The topological polar surface area (TPSA) is 68.9 Å². The Morgan fingerprint density at radius 2 is 2.17 bits per heavy atom. The summed E-state index contributed by atoms with van der Waals surface area (Å²) in [6.07, 6.45) is 3.74. The number of nitrogens with zero attached hydrogens (tertiary/aromatic N) is 3. The molecule has 1 N–H and O–H groups in total. The van der Waals surface area contributed by atoms with Crippen molar-refractivity contribution >= 4 is 17.2 Å². The molecular formula is C17H24N4O2S. The van der Waals surface area contributed by atoms with E-state index >= 15 is 0 Å². The summed E-state index contributed by atoms with van der Waals surface area (Å²) in [6.45, 7) is 4.87. The van der Waals surface area contributed by atoms with E-state index in [-0.39, 0.29) is 23.6 Å². The first-order valence-corrected chi connectivity index (χ1v) is 9.54. The largest absolute Gasteiger partial charge is 0.354 e. The van der Waals surface area contributed by atoms with E-state index in [1.165, 1.54) is 4.68 Å². The molecule has 0 aromatic carbocycles. The van der Waals surface area contributed by atoms with E-state index in [1.54, 1.807) is 11.3 Å². The molecule has 1 amide bonds. The Balaban J connectivity index is 1.72. The molecule has 0 radical (unpaired) electrons. The van der Waals surface area contributed by atoms with Crippen LogP contribution in [-0.2, 0) is 11.3 Å². The van der Waals surface area contributed by atoms with Crippen LogP contribution in [0, 0.1) is 5.92 Å². The molecule has 0 saturated heterocycles. The van der Waals surface area contributed by atoms with Gasteiger partial charge in [0.25, 0.3) is 0 Å². The van der Waals surface area contributed by atoms with E-state index in [0.29, 0.717) is 13.1 Å². The highest BCUT2D eigenvalue weighted by molar-refractivity contribution is 7.13.